The van der Waals surface area contributed by atoms with Crippen LogP contribution in [0.25, 0.3) is 0 Å². The fourth-order valence-corrected chi connectivity index (χ4v) is 2.75. The number of halogens is 2. The Morgan fingerprint density at radius 2 is 1.48 bits per heavy atom. The molecule has 0 spiro atoms. The zero-order valence-corrected chi connectivity index (χ0v) is 15.7. The number of esters is 1. The summed E-state index contributed by atoms with van der Waals surface area (Å²) in [5, 5.41) is 0.715. The molecule has 0 unspecified atom stereocenters. The third kappa shape index (κ3) is 5.39. The molecule has 0 aromatic heterocycles. The minimum Gasteiger partial charge on any atom is -0.490 e. The van der Waals surface area contributed by atoms with Gasteiger partial charge in [-0.15, -0.1) is 0 Å². The van der Waals surface area contributed by atoms with Gasteiger partial charge in [0.2, 0.25) is 0 Å². The van der Waals surface area contributed by atoms with E-state index in [-0.39, 0.29) is 17.4 Å². The van der Waals surface area contributed by atoms with Gasteiger partial charge in [0.1, 0.15) is 36.0 Å². The number of benzene rings is 3. The van der Waals surface area contributed by atoms with Gasteiger partial charge in [0.15, 0.2) is 0 Å². The standard InChI is InChI=1S/C21H16Cl2O4/c22-15-10-11-20(18(23)14-15)27-21(24)17-8-4-5-9-19(17)26-13-12-25-16-6-2-1-3-7-16/h1-11,14H,12-13H2. The zero-order chi connectivity index (χ0) is 19.1. The Hall–Kier alpha value is -2.69. The second-order valence-corrected chi connectivity index (χ2v) is 6.31. The van der Waals surface area contributed by atoms with Gasteiger partial charge in [-0.05, 0) is 42.5 Å². The molecule has 0 aliphatic heterocycles. The summed E-state index contributed by atoms with van der Waals surface area (Å²) >= 11 is 11.9. The van der Waals surface area contributed by atoms with Gasteiger partial charge in [0.05, 0.1) is 5.02 Å². The number of rotatable bonds is 7. The Labute approximate surface area is 167 Å². The summed E-state index contributed by atoms with van der Waals surface area (Å²) in [5.41, 5.74) is 0.295. The minimum atomic E-state index is -0.571. The average molecular weight is 403 g/mol. The Morgan fingerprint density at radius 1 is 0.778 bits per heavy atom. The molecule has 0 saturated carbocycles. The number of carbonyl (C=O) groups is 1. The largest absolute Gasteiger partial charge is 0.490 e. The van der Waals surface area contributed by atoms with Crippen LogP contribution in [0.4, 0.5) is 0 Å². The van der Waals surface area contributed by atoms with Crippen molar-refractivity contribution in [3.8, 4) is 17.2 Å². The van der Waals surface area contributed by atoms with Crippen LogP contribution in [0.15, 0.2) is 72.8 Å². The zero-order valence-electron chi connectivity index (χ0n) is 14.2. The van der Waals surface area contributed by atoms with E-state index < -0.39 is 5.97 Å². The SMILES string of the molecule is O=C(Oc1ccc(Cl)cc1Cl)c1ccccc1OCCOc1ccccc1. The molecule has 4 nitrogen and oxygen atoms in total. The second kappa shape index (κ2) is 9.31. The Bertz CT molecular complexity index is 913. The monoisotopic (exact) mass is 402 g/mol. The number of para-hydroxylation sites is 2. The Kier molecular flexibility index (Phi) is 6.58. The molecule has 0 aliphatic carbocycles. The lowest BCUT2D eigenvalue weighted by atomic mass is 10.2. The maximum atomic E-state index is 12.5. The number of hydrogen-bond donors (Lipinski definition) is 0. The third-order valence-electron chi connectivity index (χ3n) is 3.56. The van der Waals surface area contributed by atoms with E-state index in [0.717, 1.165) is 5.75 Å². The minimum absolute atomic E-state index is 0.230. The van der Waals surface area contributed by atoms with E-state index in [1.807, 2.05) is 30.3 Å². The molecule has 6 heteroatoms. The van der Waals surface area contributed by atoms with Crippen LogP contribution in [0.1, 0.15) is 10.4 Å². The van der Waals surface area contributed by atoms with Gasteiger partial charge >= 0.3 is 5.97 Å². The highest BCUT2D eigenvalue weighted by Gasteiger charge is 2.16. The van der Waals surface area contributed by atoms with E-state index in [2.05, 4.69) is 0 Å². The summed E-state index contributed by atoms with van der Waals surface area (Å²) in [5.74, 6) is 0.822. The van der Waals surface area contributed by atoms with Crippen LogP contribution in [0, 0.1) is 0 Å². The first-order valence-electron chi connectivity index (χ1n) is 8.20. The van der Waals surface area contributed by atoms with Gasteiger partial charge in [0.25, 0.3) is 0 Å². The maximum absolute atomic E-state index is 12.5. The van der Waals surface area contributed by atoms with E-state index >= 15 is 0 Å². The van der Waals surface area contributed by atoms with Crippen LogP contribution in [0.2, 0.25) is 10.0 Å². The normalized spacial score (nSPS) is 10.3. The Balaban J connectivity index is 1.61. The molecular formula is C21H16Cl2O4. The lowest BCUT2D eigenvalue weighted by molar-refractivity contribution is 0.0729. The highest BCUT2D eigenvalue weighted by atomic mass is 35.5. The first-order chi connectivity index (χ1) is 13.1. The topological polar surface area (TPSA) is 44.8 Å². The molecule has 0 fully saturated rings. The van der Waals surface area contributed by atoms with Crippen molar-refractivity contribution in [3.05, 3.63) is 88.4 Å². The molecule has 3 aromatic rings. The molecule has 0 N–H and O–H groups in total. The van der Waals surface area contributed by atoms with Crippen molar-refractivity contribution in [2.45, 2.75) is 0 Å². The molecule has 27 heavy (non-hydrogen) atoms. The summed E-state index contributed by atoms with van der Waals surface area (Å²) in [7, 11) is 0. The molecule has 0 aliphatic rings. The molecule has 0 atom stereocenters. The molecule has 0 saturated heterocycles. The van der Waals surface area contributed by atoms with Gasteiger partial charge in [-0.3, -0.25) is 0 Å². The highest BCUT2D eigenvalue weighted by Crippen LogP contribution is 2.29. The second-order valence-electron chi connectivity index (χ2n) is 5.47. The number of carbonyl (C=O) groups excluding carboxylic acids is 1. The fraction of sp³-hybridized carbons (Fsp3) is 0.0952. The number of ether oxygens (including phenoxy) is 3. The van der Waals surface area contributed by atoms with Crippen molar-refractivity contribution >= 4 is 29.2 Å². The molecule has 0 bridgehead atoms. The van der Waals surface area contributed by atoms with Crippen molar-refractivity contribution in [2.24, 2.45) is 0 Å². The molecule has 0 heterocycles. The molecule has 138 valence electrons. The summed E-state index contributed by atoms with van der Waals surface area (Å²) in [6.45, 7) is 0.622. The summed E-state index contributed by atoms with van der Waals surface area (Å²) in [6.07, 6.45) is 0. The highest BCUT2D eigenvalue weighted by molar-refractivity contribution is 6.35. The molecule has 0 radical (unpaired) electrons. The van der Waals surface area contributed by atoms with Crippen LogP contribution in [-0.2, 0) is 0 Å². The van der Waals surface area contributed by atoms with Crippen molar-refractivity contribution in [1.82, 2.24) is 0 Å². The third-order valence-corrected chi connectivity index (χ3v) is 4.09. The summed E-state index contributed by atoms with van der Waals surface area (Å²) in [4.78, 5) is 12.5. The van der Waals surface area contributed by atoms with Crippen LogP contribution < -0.4 is 14.2 Å². The van der Waals surface area contributed by atoms with Crippen LogP contribution in [0.3, 0.4) is 0 Å². The van der Waals surface area contributed by atoms with Gasteiger partial charge in [-0.1, -0.05) is 53.5 Å². The van der Waals surface area contributed by atoms with E-state index in [0.29, 0.717) is 22.9 Å². The first kappa shape index (κ1) is 19.1. The lowest BCUT2D eigenvalue weighted by Crippen LogP contribution is -2.14. The van der Waals surface area contributed by atoms with Crippen molar-refractivity contribution in [2.75, 3.05) is 13.2 Å². The maximum Gasteiger partial charge on any atom is 0.347 e. The van der Waals surface area contributed by atoms with E-state index in [4.69, 9.17) is 37.4 Å². The predicted octanol–water partition coefficient (Wildman–Crippen LogP) is 5.67. The van der Waals surface area contributed by atoms with Crippen LogP contribution in [-0.4, -0.2) is 19.2 Å². The van der Waals surface area contributed by atoms with Crippen molar-refractivity contribution in [3.63, 3.8) is 0 Å². The van der Waals surface area contributed by atoms with Gasteiger partial charge < -0.3 is 14.2 Å². The number of hydrogen-bond acceptors (Lipinski definition) is 4. The summed E-state index contributed by atoms with van der Waals surface area (Å²) < 4.78 is 16.6. The predicted molar refractivity (Wildman–Crippen MR) is 105 cm³/mol. The fourth-order valence-electron chi connectivity index (χ4n) is 2.30. The first-order valence-corrected chi connectivity index (χ1v) is 8.96. The quantitative estimate of drug-likeness (QED) is 0.290. The molecule has 0 amide bonds. The molecular weight excluding hydrogens is 387 g/mol. The van der Waals surface area contributed by atoms with Crippen LogP contribution in [0.5, 0.6) is 17.2 Å². The smallest absolute Gasteiger partial charge is 0.347 e. The van der Waals surface area contributed by atoms with Crippen molar-refractivity contribution < 1.29 is 19.0 Å². The van der Waals surface area contributed by atoms with Gasteiger partial charge in [-0.25, -0.2) is 4.79 Å². The molecule has 3 rings (SSSR count). The van der Waals surface area contributed by atoms with Gasteiger partial charge in [0, 0.05) is 5.02 Å². The van der Waals surface area contributed by atoms with E-state index in [1.54, 1.807) is 36.4 Å². The van der Waals surface area contributed by atoms with E-state index in [1.165, 1.54) is 6.07 Å². The van der Waals surface area contributed by atoms with Crippen molar-refractivity contribution in [1.29, 1.82) is 0 Å². The average Bonchev–Trinajstić information content (AvgIpc) is 2.68. The lowest BCUT2D eigenvalue weighted by Gasteiger charge is -2.12. The van der Waals surface area contributed by atoms with Gasteiger partial charge in [-0.2, -0.15) is 0 Å². The summed E-state index contributed by atoms with van der Waals surface area (Å²) in [6, 6.07) is 20.9. The molecule has 3 aromatic carbocycles. The van der Waals surface area contributed by atoms with E-state index in [9.17, 15) is 4.79 Å². The Morgan fingerprint density at radius 3 is 2.26 bits per heavy atom. The van der Waals surface area contributed by atoms with Crippen LogP contribution >= 0.6 is 23.2 Å².